The lowest BCUT2D eigenvalue weighted by Crippen LogP contribution is -2.27. The molecule has 0 aromatic carbocycles. The summed E-state index contributed by atoms with van der Waals surface area (Å²) in [5.41, 5.74) is 0. The molecule has 0 aliphatic carbocycles. The van der Waals surface area contributed by atoms with Crippen molar-refractivity contribution in [2.45, 2.75) is 296 Å². The van der Waals surface area contributed by atoms with Crippen LogP contribution in [0.15, 0.2) is 0 Å². The standard InChI is InChI=1S/C50H100O4/c1-3-5-7-9-11-13-15-17-19-21-22-23-24-25-26-27-28-29-30-32-34-36-38-40-42-44-46-53-48-49(47-51)54-50(52)45-43-41-39-37-35-33-31-20-18-16-14-12-10-8-6-4-2/h49,51H,3-48H2,1-2H3. The van der Waals surface area contributed by atoms with Gasteiger partial charge in [-0.15, -0.1) is 0 Å². The van der Waals surface area contributed by atoms with Crippen molar-refractivity contribution < 1.29 is 19.4 Å². The van der Waals surface area contributed by atoms with E-state index in [4.69, 9.17) is 9.47 Å². The largest absolute Gasteiger partial charge is 0.457 e. The van der Waals surface area contributed by atoms with Crippen molar-refractivity contribution in [1.29, 1.82) is 0 Å². The number of carbonyl (C=O) groups excluding carboxylic acids is 1. The molecule has 54 heavy (non-hydrogen) atoms. The maximum Gasteiger partial charge on any atom is 0.306 e. The highest BCUT2D eigenvalue weighted by molar-refractivity contribution is 5.69. The van der Waals surface area contributed by atoms with Gasteiger partial charge in [0.15, 0.2) is 0 Å². The van der Waals surface area contributed by atoms with Crippen LogP contribution in [-0.4, -0.2) is 37.0 Å². The van der Waals surface area contributed by atoms with Gasteiger partial charge in [0.2, 0.25) is 0 Å². The molecule has 0 rings (SSSR count). The molecule has 4 nitrogen and oxygen atoms in total. The number of esters is 1. The van der Waals surface area contributed by atoms with Gasteiger partial charge < -0.3 is 14.6 Å². The number of hydrogen-bond donors (Lipinski definition) is 1. The minimum atomic E-state index is -0.525. The molecule has 0 aliphatic heterocycles. The third kappa shape index (κ3) is 45.8. The van der Waals surface area contributed by atoms with E-state index in [0.717, 1.165) is 19.3 Å². The monoisotopic (exact) mass is 765 g/mol. The van der Waals surface area contributed by atoms with Crippen molar-refractivity contribution in [3.63, 3.8) is 0 Å². The van der Waals surface area contributed by atoms with E-state index >= 15 is 0 Å². The van der Waals surface area contributed by atoms with Crippen LogP contribution in [0, 0.1) is 0 Å². The van der Waals surface area contributed by atoms with E-state index < -0.39 is 6.10 Å². The van der Waals surface area contributed by atoms with Gasteiger partial charge in [-0.25, -0.2) is 0 Å². The molecule has 0 saturated heterocycles. The van der Waals surface area contributed by atoms with E-state index in [9.17, 15) is 9.90 Å². The summed E-state index contributed by atoms with van der Waals surface area (Å²) in [5, 5.41) is 9.63. The summed E-state index contributed by atoms with van der Waals surface area (Å²) in [5.74, 6) is -0.191. The summed E-state index contributed by atoms with van der Waals surface area (Å²) < 4.78 is 11.2. The van der Waals surface area contributed by atoms with E-state index in [-0.39, 0.29) is 12.6 Å². The van der Waals surface area contributed by atoms with Gasteiger partial charge in [-0.3, -0.25) is 4.79 Å². The van der Waals surface area contributed by atoms with Crippen LogP contribution in [0.1, 0.15) is 290 Å². The van der Waals surface area contributed by atoms with Crippen LogP contribution in [0.2, 0.25) is 0 Å². The minimum Gasteiger partial charge on any atom is -0.457 e. The van der Waals surface area contributed by atoms with Crippen molar-refractivity contribution >= 4 is 5.97 Å². The van der Waals surface area contributed by atoms with Crippen molar-refractivity contribution in [3.8, 4) is 0 Å². The highest BCUT2D eigenvalue weighted by Crippen LogP contribution is 2.17. The molecule has 0 aliphatic rings. The van der Waals surface area contributed by atoms with Crippen LogP contribution in [0.3, 0.4) is 0 Å². The Hall–Kier alpha value is -0.610. The molecule has 0 saturated carbocycles. The second-order valence-corrected chi connectivity index (χ2v) is 17.3. The zero-order chi connectivity index (χ0) is 39.1. The first-order valence-electron chi connectivity index (χ1n) is 25.1. The SMILES string of the molecule is CCCCCCCCCCCCCCCCCCCCCCCCCCCCOCC(CO)OC(=O)CCCCCCCCCCCCCCCCCC. The van der Waals surface area contributed by atoms with Gasteiger partial charge in [0.25, 0.3) is 0 Å². The summed E-state index contributed by atoms with van der Waals surface area (Å²) in [6.07, 6.45) is 57.7. The first-order chi connectivity index (χ1) is 26.7. The molecule has 324 valence electrons. The second-order valence-electron chi connectivity index (χ2n) is 17.3. The van der Waals surface area contributed by atoms with Crippen LogP contribution in [0.5, 0.6) is 0 Å². The number of unbranched alkanes of at least 4 members (excludes halogenated alkanes) is 40. The number of aliphatic hydroxyl groups is 1. The van der Waals surface area contributed by atoms with Crippen molar-refractivity contribution in [1.82, 2.24) is 0 Å². The summed E-state index contributed by atoms with van der Waals surface area (Å²) in [6.45, 7) is 5.42. The summed E-state index contributed by atoms with van der Waals surface area (Å²) in [4.78, 5) is 12.2. The van der Waals surface area contributed by atoms with Crippen molar-refractivity contribution in [3.05, 3.63) is 0 Å². The van der Waals surface area contributed by atoms with E-state index in [1.165, 1.54) is 250 Å². The Kier molecular flexibility index (Phi) is 48.0. The normalized spacial score (nSPS) is 12.1. The molecule has 0 aromatic rings. The van der Waals surface area contributed by atoms with Gasteiger partial charge in [-0.1, -0.05) is 271 Å². The molecule has 0 aromatic heterocycles. The van der Waals surface area contributed by atoms with Crippen LogP contribution in [-0.2, 0) is 14.3 Å². The Morgan fingerprint density at radius 1 is 0.370 bits per heavy atom. The van der Waals surface area contributed by atoms with E-state index in [1.807, 2.05) is 0 Å². The van der Waals surface area contributed by atoms with Crippen LogP contribution in [0.4, 0.5) is 0 Å². The van der Waals surface area contributed by atoms with E-state index in [0.29, 0.717) is 19.6 Å². The maximum absolute atomic E-state index is 12.2. The Labute approximate surface area is 340 Å². The Morgan fingerprint density at radius 3 is 0.870 bits per heavy atom. The maximum atomic E-state index is 12.2. The van der Waals surface area contributed by atoms with Gasteiger partial charge >= 0.3 is 5.97 Å². The second kappa shape index (κ2) is 48.5. The Morgan fingerprint density at radius 2 is 0.611 bits per heavy atom. The lowest BCUT2D eigenvalue weighted by molar-refractivity contribution is -0.154. The Balaban J connectivity index is 3.30. The topological polar surface area (TPSA) is 55.8 Å². The third-order valence-corrected chi connectivity index (χ3v) is 11.7. The smallest absolute Gasteiger partial charge is 0.306 e. The molecule has 0 spiro atoms. The van der Waals surface area contributed by atoms with Crippen LogP contribution < -0.4 is 0 Å². The minimum absolute atomic E-state index is 0.162. The average Bonchev–Trinajstić information content (AvgIpc) is 3.18. The highest BCUT2D eigenvalue weighted by atomic mass is 16.6. The van der Waals surface area contributed by atoms with E-state index in [1.54, 1.807) is 0 Å². The molecule has 0 radical (unpaired) electrons. The first kappa shape index (κ1) is 53.4. The van der Waals surface area contributed by atoms with Gasteiger partial charge in [-0.05, 0) is 12.8 Å². The fourth-order valence-electron chi connectivity index (χ4n) is 7.92. The number of ether oxygens (including phenoxy) is 2. The zero-order valence-corrected chi connectivity index (χ0v) is 37.3. The molecule has 0 fully saturated rings. The molecule has 0 heterocycles. The summed E-state index contributed by atoms with van der Waals surface area (Å²) >= 11 is 0. The van der Waals surface area contributed by atoms with Crippen molar-refractivity contribution in [2.75, 3.05) is 19.8 Å². The summed E-state index contributed by atoms with van der Waals surface area (Å²) in [6, 6.07) is 0. The fourth-order valence-corrected chi connectivity index (χ4v) is 7.92. The molecule has 4 heteroatoms. The van der Waals surface area contributed by atoms with Gasteiger partial charge in [0.1, 0.15) is 6.10 Å². The Bertz CT molecular complexity index is 682. The third-order valence-electron chi connectivity index (χ3n) is 11.7. The molecular weight excluding hydrogens is 665 g/mol. The van der Waals surface area contributed by atoms with E-state index in [2.05, 4.69) is 13.8 Å². The van der Waals surface area contributed by atoms with Crippen molar-refractivity contribution in [2.24, 2.45) is 0 Å². The number of aliphatic hydroxyl groups excluding tert-OH is 1. The quantitative estimate of drug-likeness (QED) is 0.0495. The number of rotatable bonds is 48. The number of carbonyl (C=O) groups is 1. The molecular formula is C50H100O4. The lowest BCUT2D eigenvalue weighted by Gasteiger charge is -2.16. The predicted octanol–water partition coefficient (Wildman–Crippen LogP) is 16.7. The van der Waals surface area contributed by atoms with Crippen LogP contribution >= 0.6 is 0 Å². The molecule has 1 N–H and O–H groups in total. The predicted molar refractivity (Wildman–Crippen MR) is 238 cm³/mol. The van der Waals surface area contributed by atoms with Gasteiger partial charge in [-0.2, -0.15) is 0 Å². The average molecular weight is 765 g/mol. The molecule has 1 unspecified atom stereocenters. The van der Waals surface area contributed by atoms with Gasteiger partial charge in [0, 0.05) is 13.0 Å². The first-order valence-corrected chi connectivity index (χ1v) is 25.1. The fraction of sp³-hybridized carbons (Fsp3) is 0.980. The van der Waals surface area contributed by atoms with Gasteiger partial charge in [0.05, 0.1) is 13.2 Å². The highest BCUT2D eigenvalue weighted by Gasteiger charge is 2.13. The summed E-state index contributed by atoms with van der Waals surface area (Å²) in [7, 11) is 0. The molecule has 0 amide bonds. The molecule has 1 atom stereocenters. The lowest BCUT2D eigenvalue weighted by atomic mass is 10.0. The van der Waals surface area contributed by atoms with Crippen LogP contribution in [0.25, 0.3) is 0 Å². The zero-order valence-electron chi connectivity index (χ0n) is 37.3. The number of hydrogen-bond acceptors (Lipinski definition) is 4. The molecule has 0 bridgehead atoms.